The van der Waals surface area contributed by atoms with Gasteiger partial charge in [-0.15, -0.1) is 0 Å². The third kappa shape index (κ3) is 4.58. The molecule has 5 nitrogen and oxygen atoms in total. The summed E-state index contributed by atoms with van der Waals surface area (Å²) in [7, 11) is 0. The Morgan fingerprint density at radius 2 is 1.72 bits per heavy atom. The van der Waals surface area contributed by atoms with Crippen molar-refractivity contribution < 1.29 is 18.7 Å². The summed E-state index contributed by atoms with van der Waals surface area (Å²) in [5.74, 6) is -4.57. The summed E-state index contributed by atoms with van der Waals surface area (Å²) in [4.78, 5) is 14.8. The van der Waals surface area contributed by atoms with E-state index in [2.05, 4.69) is 5.10 Å². The summed E-state index contributed by atoms with van der Waals surface area (Å²) in [6, 6.07) is 15.8. The van der Waals surface area contributed by atoms with Crippen molar-refractivity contribution in [2.45, 2.75) is 32.7 Å². The summed E-state index contributed by atoms with van der Waals surface area (Å²) < 4.78 is 29.8. The van der Waals surface area contributed by atoms with Crippen LogP contribution in [0, 0.1) is 19.8 Å². The van der Waals surface area contributed by atoms with Gasteiger partial charge in [0.25, 0.3) is 11.8 Å². The number of halogens is 2. The SMILES string of the molecule is Cc1ccc(Cn2cc(C(=O)N3CCC(F)(F)C(CO)C3)c(-c3ccc(C)cc3)n2)cc1. The number of aromatic nitrogens is 2. The van der Waals surface area contributed by atoms with Crippen molar-refractivity contribution in [1.82, 2.24) is 14.7 Å². The Balaban J connectivity index is 1.67. The second-order valence-corrected chi connectivity index (χ2v) is 8.58. The highest BCUT2D eigenvalue weighted by Crippen LogP contribution is 2.34. The minimum absolute atomic E-state index is 0.0567. The first-order valence-corrected chi connectivity index (χ1v) is 10.7. The number of likely N-dealkylation sites (tertiary alicyclic amines) is 1. The fourth-order valence-corrected chi connectivity index (χ4v) is 3.99. The van der Waals surface area contributed by atoms with Crippen molar-refractivity contribution >= 4 is 5.91 Å². The van der Waals surface area contributed by atoms with E-state index in [0.29, 0.717) is 17.8 Å². The van der Waals surface area contributed by atoms with E-state index in [1.165, 1.54) is 4.90 Å². The lowest BCUT2D eigenvalue weighted by Crippen LogP contribution is -2.50. The van der Waals surface area contributed by atoms with Crippen LogP contribution in [0.15, 0.2) is 54.7 Å². The fourth-order valence-electron chi connectivity index (χ4n) is 3.99. The van der Waals surface area contributed by atoms with Gasteiger partial charge in [0.1, 0.15) is 5.69 Å². The van der Waals surface area contributed by atoms with Crippen LogP contribution in [0.1, 0.15) is 33.5 Å². The van der Waals surface area contributed by atoms with Crippen molar-refractivity contribution in [3.63, 3.8) is 0 Å². The van der Waals surface area contributed by atoms with Crippen LogP contribution in [-0.2, 0) is 6.54 Å². The molecule has 1 unspecified atom stereocenters. The Morgan fingerprint density at radius 3 is 2.34 bits per heavy atom. The highest BCUT2D eigenvalue weighted by atomic mass is 19.3. The van der Waals surface area contributed by atoms with Crippen LogP contribution in [-0.4, -0.2) is 51.3 Å². The molecule has 1 aliphatic heterocycles. The number of aliphatic hydroxyl groups excluding tert-OH is 1. The van der Waals surface area contributed by atoms with E-state index in [4.69, 9.17) is 0 Å². The molecule has 1 saturated heterocycles. The van der Waals surface area contributed by atoms with Gasteiger partial charge in [0.15, 0.2) is 0 Å². The molecule has 168 valence electrons. The topological polar surface area (TPSA) is 58.4 Å². The maximum absolute atomic E-state index is 14.1. The zero-order valence-corrected chi connectivity index (χ0v) is 18.3. The van der Waals surface area contributed by atoms with E-state index in [1.807, 2.05) is 62.4 Å². The van der Waals surface area contributed by atoms with Crippen LogP contribution >= 0.6 is 0 Å². The molecule has 1 fully saturated rings. The molecule has 1 amide bonds. The molecule has 1 atom stereocenters. The summed E-state index contributed by atoms with van der Waals surface area (Å²) in [5, 5.41) is 14.1. The number of carbonyl (C=O) groups excluding carboxylic acids is 1. The van der Waals surface area contributed by atoms with Gasteiger partial charge in [-0.25, -0.2) is 8.78 Å². The molecule has 0 spiro atoms. The molecule has 1 aromatic heterocycles. The molecule has 0 bridgehead atoms. The molecular formula is C25H27F2N3O2. The van der Waals surface area contributed by atoms with Crippen molar-refractivity contribution in [2.75, 3.05) is 19.7 Å². The summed E-state index contributed by atoms with van der Waals surface area (Å²) in [5.41, 5.74) is 4.99. The minimum Gasteiger partial charge on any atom is -0.396 e. The van der Waals surface area contributed by atoms with E-state index in [9.17, 15) is 18.7 Å². The second kappa shape index (κ2) is 8.82. The van der Waals surface area contributed by atoms with E-state index in [0.717, 1.165) is 22.3 Å². The van der Waals surface area contributed by atoms with Crippen LogP contribution in [0.2, 0.25) is 0 Å². The average molecular weight is 440 g/mol. The zero-order chi connectivity index (χ0) is 22.9. The molecule has 3 aromatic rings. The van der Waals surface area contributed by atoms with E-state index in [-0.39, 0.29) is 19.0 Å². The summed E-state index contributed by atoms with van der Waals surface area (Å²) in [6.07, 6.45) is 1.24. The van der Waals surface area contributed by atoms with Gasteiger partial charge in [-0.05, 0) is 19.4 Å². The van der Waals surface area contributed by atoms with Gasteiger partial charge < -0.3 is 10.0 Å². The summed E-state index contributed by atoms with van der Waals surface area (Å²) in [6.45, 7) is 3.59. The highest BCUT2D eigenvalue weighted by molar-refractivity contribution is 6.00. The predicted octanol–water partition coefficient (Wildman–Crippen LogP) is 4.30. The van der Waals surface area contributed by atoms with Gasteiger partial charge in [0.05, 0.1) is 24.6 Å². The lowest BCUT2D eigenvalue weighted by molar-refractivity contribution is -0.113. The van der Waals surface area contributed by atoms with Crippen molar-refractivity contribution in [1.29, 1.82) is 0 Å². The number of aryl methyl sites for hydroxylation is 2. The number of rotatable bonds is 5. The maximum Gasteiger partial charge on any atom is 0.257 e. The molecule has 32 heavy (non-hydrogen) atoms. The molecule has 2 heterocycles. The molecule has 0 saturated carbocycles. The molecule has 0 aliphatic carbocycles. The lowest BCUT2D eigenvalue weighted by Gasteiger charge is -2.37. The largest absolute Gasteiger partial charge is 0.396 e. The van der Waals surface area contributed by atoms with Gasteiger partial charge in [0.2, 0.25) is 0 Å². The molecule has 1 N–H and O–H groups in total. The third-order valence-electron chi connectivity index (χ3n) is 6.04. The number of aliphatic hydroxyl groups is 1. The Labute approximate surface area is 186 Å². The van der Waals surface area contributed by atoms with Crippen LogP contribution in [0.5, 0.6) is 0 Å². The zero-order valence-electron chi connectivity index (χ0n) is 18.3. The maximum atomic E-state index is 14.1. The van der Waals surface area contributed by atoms with Crippen molar-refractivity contribution in [2.24, 2.45) is 5.92 Å². The summed E-state index contributed by atoms with van der Waals surface area (Å²) >= 11 is 0. The van der Waals surface area contributed by atoms with Crippen LogP contribution in [0.3, 0.4) is 0 Å². The Bertz CT molecular complexity index is 1090. The number of nitrogens with zero attached hydrogens (tertiary/aromatic N) is 3. The quantitative estimate of drug-likeness (QED) is 0.645. The Hall–Kier alpha value is -3.06. The van der Waals surface area contributed by atoms with Crippen LogP contribution in [0.4, 0.5) is 8.78 Å². The van der Waals surface area contributed by atoms with E-state index >= 15 is 0 Å². The van der Waals surface area contributed by atoms with Gasteiger partial charge in [-0.1, -0.05) is 59.7 Å². The normalized spacial score (nSPS) is 18.0. The van der Waals surface area contributed by atoms with Crippen molar-refractivity contribution in [3.8, 4) is 11.3 Å². The smallest absolute Gasteiger partial charge is 0.257 e. The van der Waals surface area contributed by atoms with Gasteiger partial charge >= 0.3 is 0 Å². The van der Waals surface area contributed by atoms with Gasteiger partial charge in [-0.2, -0.15) is 5.10 Å². The molecule has 7 heteroatoms. The molecule has 0 radical (unpaired) electrons. The first-order valence-electron chi connectivity index (χ1n) is 10.7. The van der Waals surface area contributed by atoms with E-state index < -0.39 is 24.9 Å². The van der Waals surface area contributed by atoms with E-state index in [1.54, 1.807) is 10.9 Å². The average Bonchev–Trinajstić information content (AvgIpc) is 3.19. The number of alkyl halides is 2. The first kappa shape index (κ1) is 22.1. The molecule has 4 rings (SSSR count). The minimum atomic E-state index is -2.97. The predicted molar refractivity (Wildman–Crippen MR) is 119 cm³/mol. The Morgan fingerprint density at radius 1 is 1.09 bits per heavy atom. The lowest BCUT2D eigenvalue weighted by atomic mass is 9.93. The number of hydrogen-bond acceptors (Lipinski definition) is 3. The third-order valence-corrected chi connectivity index (χ3v) is 6.04. The van der Waals surface area contributed by atoms with Gasteiger partial charge in [0, 0.05) is 31.3 Å². The molecule has 2 aromatic carbocycles. The Kier molecular flexibility index (Phi) is 6.11. The van der Waals surface area contributed by atoms with Gasteiger partial charge in [-0.3, -0.25) is 9.48 Å². The number of benzene rings is 2. The monoisotopic (exact) mass is 439 g/mol. The van der Waals surface area contributed by atoms with Crippen LogP contribution < -0.4 is 0 Å². The van der Waals surface area contributed by atoms with Crippen LogP contribution in [0.25, 0.3) is 11.3 Å². The number of carbonyl (C=O) groups is 1. The molecule has 1 aliphatic rings. The second-order valence-electron chi connectivity index (χ2n) is 8.58. The number of amides is 1. The molecular weight excluding hydrogens is 412 g/mol. The standard InChI is InChI=1S/C25H27F2N3O2/c1-17-3-7-19(8-4-17)13-30-15-22(23(28-30)20-9-5-18(2)6-10-20)24(32)29-12-11-25(26,27)21(14-29)16-31/h3-10,15,21,31H,11-14,16H2,1-2H3. The number of piperidine rings is 1. The first-order chi connectivity index (χ1) is 15.3. The number of hydrogen-bond donors (Lipinski definition) is 1. The van der Waals surface area contributed by atoms with Crippen molar-refractivity contribution in [3.05, 3.63) is 77.0 Å². The highest BCUT2D eigenvalue weighted by Gasteiger charge is 2.45. The fraction of sp³-hybridized carbons (Fsp3) is 0.360.